The number of aliphatic hydroxyl groups excluding tert-OH is 1. The third-order valence-electron chi connectivity index (χ3n) is 1.90. The maximum atomic E-state index is 11.3. The van der Waals surface area contributed by atoms with Gasteiger partial charge in [0.05, 0.1) is 6.42 Å². The summed E-state index contributed by atoms with van der Waals surface area (Å²) < 4.78 is 0. The lowest BCUT2D eigenvalue weighted by atomic mass is 10.2. The van der Waals surface area contributed by atoms with Crippen molar-refractivity contribution in [3.8, 4) is 0 Å². The molecule has 0 spiro atoms. The van der Waals surface area contributed by atoms with Gasteiger partial charge in [-0.3, -0.25) is 4.79 Å². The van der Waals surface area contributed by atoms with Gasteiger partial charge in [-0.25, -0.2) is 0 Å². The molecule has 0 aliphatic heterocycles. The zero-order chi connectivity index (χ0) is 10.4. The van der Waals surface area contributed by atoms with E-state index in [4.69, 9.17) is 5.11 Å². The number of carbonyl (C=O) groups is 1. The highest BCUT2D eigenvalue weighted by atomic mass is 32.1. The lowest BCUT2D eigenvalue weighted by Crippen LogP contribution is -2.30. The number of rotatable bonds is 5. The third kappa shape index (κ3) is 3.89. The lowest BCUT2D eigenvalue weighted by Gasteiger charge is -2.08. The Labute approximate surface area is 87.8 Å². The minimum atomic E-state index is 0.0173. The molecule has 1 unspecified atom stereocenters. The SMILES string of the molecule is CC(CO)CNC(=O)Cc1ccsc1. The first-order chi connectivity index (χ1) is 6.72. The summed E-state index contributed by atoms with van der Waals surface area (Å²) in [5.41, 5.74) is 1.05. The van der Waals surface area contributed by atoms with Crippen molar-refractivity contribution in [3.05, 3.63) is 22.4 Å². The van der Waals surface area contributed by atoms with E-state index in [0.29, 0.717) is 13.0 Å². The second-order valence-corrected chi connectivity index (χ2v) is 4.18. The van der Waals surface area contributed by atoms with Gasteiger partial charge in [0.2, 0.25) is 5.91 Å². The molecule has 3 nitrogen and oxygen atoms in total. The van der Waals surface area contributed by atoms with Crippen LogP contribution < -0.4 is 5.32 Å². The molecule has 1 rings (SSSR count). The van der Waals surface area contributed by atoms with Crippen LogP contribution in [0.1, 0.15) is 12.5 Å². The molecule has 0 fully saturated rings. The molecular formula is C10H15NO2S. The van der Waals surface area contributed by atoms with Gasteiger partial charge >= 0.3 is 0 Å². The molecule has 1 aromatic rings. The first-order valence-electron chi connectivity index (χ1n) is 4.61. The van der Waals surface area contributed by atoms with Crippen LogP contribution in [0.25, 0.3) is 0 Å². The van der Waals surface area contributed by atoms with E-state index < -0.39 is 0 Å². The predicted molar refractivity (Wildman–Crippen MR) is 57.3 cm³/mol. The highest BCUT2D eigenvalue weighted by Crippen LogP contribution is 2.06. The summed E-state index contributed by atoms with van der Waals surface area (Å²) in [7, 11) is 0. The van der Waals surface area contributed by atoms with E-state index in [-0.39, 0.29) is 18.4 Å². The Bertz CT molecular complexity index is 272. The van der Waals surface area contributed by atoms with E-state index in [2.05, 4.69) is 5.32 Å². The Morgan fingerprint density at radius 2 is 2.50 bits per heavy atom. The minimum absolute atomic E-state index is 0.0173. The monoisotopic (exact) mass is 213 g/mol. The molecular weight excluding hydrogens is 198 g/mol. The van der Waals surface area contributed by atoms with Gasteiger partial charge < -0.3 is 10.4 Å². The van der Waals surface area contributed by atoms with Crippen molar-refractivity contribution in [2.24, 2.45) is 5.92 Å². The maximum Gasteiger partial charge on any atom is 0.224 e. The number of aliphatic hydroxyl groups is 1. The number of thiophene rings is 1. The highest BCUT2D eigenvalue weighted by Gasteiger charge is 2.05. The number of carbonyl (C=O) groups excluding carboxylic acids is 1. The number of hydrogen-bond donors (Lipinski definition) is 2. The summed E-state index contributed by atoms with van der Waals surface area (Å²) in [5, 5.41) is 15.5. The van der Waals surface area contributed by atoms with Crippen LogP contribution in [0.5, 0.6) is 0 Å². The van der Waals surface area contributed by atoms with Gasteiger partial charge in [-0.2, -0.15) is 11.3 Å². The molecule has 2 N–H and O–H groups in total. The molecule has 0 saturated heterocycles. The summed E-state index contributed by atoms with van der Waals surface area (Å²) in [5.74, 6) is 0.144. The molecule has 0 aliphatic rings. The minimum Gasteiger partial charge on any atom is -0.396 e. The number of amides is 1. The van der Waals surface area contributed by atoms with Crippen LogP contribution >= 0.6 is 11.3 Å². The molecule has 0 aromatic carbocycles. The van der Waals surface area contributed by atoms with Crippen LogP contribution in [-0.2, 0) is 11.2 Å². The van der Waals surface area contributed by atoms with Gasteiger partial charge in [0.25, 0.3) is 0 Å². The van der Waals surface area contributed by atoms with Crippen molar-refractivity contribution >= 4 is 17.2 Å². The van der Waals surface area contributed by atoms with Crippen molar-refractivity contribution in [2.45, 2.75) is 13.3 Å². The van der Waals surface area contributed by atoms with Crippen LogP contribution in [0.3, 0.4) is 0 Å². The normalized spacial score (nSPS) is 12.4. The molecule has 1 aromatic heterocycles. The van der Waals surface area contributed by atoms with Crippen LogP contribution in [0.2, 0.25) is 0 Å². The topological polar surface area (TPSA) is 49.3 Å². The van der Waals surface area contributed by atoms with E-state index in [1.807, 2.05) is 23.8 Å². The van der Waals surface area contributed by atoms with Crippen LogP contribution in [0.4, 0.5) is 0 Å². The zero-order valence-electron chi connectivity index (χ0n) is 8.19. The molecule has 0 bridgehead atoms. The van der Waals surface area contributed by atoms with Gasteiger partial charge in [0.1, 0.15) is 0 Å². The first kappa shape index (κ1) is 11.2. The van der Waals surface area contributed by atoms with Gasteiger partial charge in [-0.05, 0) is 28.3 Å². The maximum absolute atomic E-state index is 11.3. The fraction of sp³-hybridized carbons (Fsp3) is 0.500. The smallest absolute Gasteiger partial charge is 0.224 e. The van der Waals surface area contributed by atoms with E-state index in [1.165, 1.54) is 0 Å². The van der Waals surface area contributed by atoms with Gasteiger partial charge in [0, 0.05) is 13.2 Å². The molecule has 1 heterocycles. The van der Waals surface area contributed by atoms with Crippen molar-refractivity contribution in [3.63, 3.8) is 0 Å². The predicted octanol–water partition coefficient (Wildman–Crippen LogP) is 1.04. The van der Waals surface area contributed by atoms with Crippen LogP contribution in [0, 0.1) is 5.92 Å². The average molecular weight is 213 g/mol. The summed E-state index contributed by atoms with van der Waals surface area (Å²) in [6.07, 6.45) is 0.432. The zero-order valence-corrected chi connectivity index (χ0v) is 9.01. The summed E-state index contributed by atoms with van der Waals surface area (Å²) in [6, 6.07) is 1.94. The Kier molecular flexibility index (Phi) is 4.62. The Balaban J connectivity index is 2.23. The lowest BCUT2D eigenvalue weighted by molar-refractivity contribution is -0.120. The molecule has 14 heavy (non-hydrogen) atoms. The van der Waals surface area contributed by atoms with Gasteiger partial charge in [-0.1, -0.05) is 6.92 Å². The second-order valence-electron chi connectivity index (χ2n) is 3.40. The van der Waals surface area contributed by atoms with Crippen molar-refractivity contribution in [2.75, 3.05) is 13.2 Å². The fourth-order valence-corrected chi connectivity index (χ4v) is 1.66. The van der Waals surface area contributed by atoms with E-state index in [0.717, 1.165) is 5.56 Å². The number of hydrogen-bond acceptors (Lipinski definition) is 3. The molecule has 1 amide bonds. The number of nitrogens with one attached hydrogen (secondary N) is 1. The molecule has 0 saturated carbocycles. The van der Waals surface area contributed by atoms with E-state index in [1.54, 1.807) is 11.3 Å². The highest BCUT2D eigenvalue weighted by molar-refractivity contribution is 7.07. The first-order valence-corrected chi connectivity index (χ1v) is 5.55. The second kappa shape index (κ2) is 5.78. The quantitative estimate of drug-likeness (QED) is 0.767. The third-order valence-corrected chi connectivity index (χ3v) is 2.64. The Morgan fingerprint density at radius 1 is 1.71 bits per heavy atom. The average Bonchev–Trinajstić information content (AvgIpc) is 2.66. The summed E-state index contributed by atoms with van der Waals surface area (Å²) in [4.78, 5) is 11.3. The molecule has 4 heteroatoms. The van der Waals surface area contributed by atoms with Crippen molar-refractivity contribution in [1.29, 1.82) is 0 Å². The van der Waals surface area contributed by atoms with Crippen molar-refractivity contribution in [1.82, 2.24) is 5.32 Å². The summed E-state index contributed by atoms with van der Waals surface area (Å²) >= 11 is 1.59. The van der Waals surface area contributed by atoms with Crippen LogP contribution in [-0.4, -0.2) is 24.2 Å². The van der Waals surface area contributed by atoms with Crippen molar-refractivity contribution < 1.29 is 9.90 Å². The van der Waals surface area contributed by atoms with E-state index in [9.17, 15) is 4.79 Å². The largest absolute Gasteiger partial charge is 0.396 e. The standard InChI is InChI=1S/C10H15NO2S/c1-8(6-12)5-11-10(13)4-9-2-3-14-7-9/h2-3,7-8,12H,4-6H2,1H3,(H,11,13). The summed E-state index contributed by atoms with van der Waals surface area (Å²) in [6.45, 7) is 2.54. The molecule has 0 aliphatic carbocycles. The molecule has 0 radical (unpaired) electrons. The van der Waals surface area contributed by atoms with Gasteiger partial charge in [0.15, 0.2) is 0 Å². The molecule has 78 valence electrons. The fourth-order valence-electron chi connectivity index (χ4n) is 0.994. The van der Waals surface area contributed by atoms with Gasteiger partial charge in [-0.15, -0.1) is 0 Å². The Hall–Kier alpha value is -0.870. The Morgan fingerprint density at radius 3 is 3.07 bits per heavy atom. The van der Waals surface area contributed by atoms with E-state index >= 15 is 0 Å². The molecule has 1 atom stereocenters. The van der Waals surface area contributed by atoms with Crippen LogP contribution in [0.15, 0.2) is 16.8 Å².